The van der Waals surface area contributed by atoms with Crippen molar-refractivity contribution < 1.29 is 18.3 Å². The number of benzene rings is 1. The third kappa shape index (κ3) is 6.49. The van der Waals surface area contributed by atoms with Gasteiger partial charge in [0.25, 0.3) is 5.92 Å². The van der Waals surface area contributed by atoms with Crippen molar-refractivity contribution in [1.29, 1.82) is 0 Å². The summed E-state index contributed by atoms with van der Waals surface area (Å²) in [5.74, 6) is 4.54. The van der Waals surface area contributed by atoms with E-state index in [2.05, 4.69) is 38.7 Å². The predicted molar refractivity (Wildman–Crippen MR) is 127 cm³/mol. The Kier molecular flexibility index (Phi) is 7.51. The molecule has 1 aliphatic carbocycles. The molecule has 2 aromatic heterocycles. The molecule has 0 amide bonds. The third-order valence-corrected chi connectivity index (χ3v) is 5.36. The molecule has 0 bridgehead atoms. The molecule has 2 N–H and O–H groups in total. The van der Waals surface area contributed by atoms with Crippen LogP contribution in [0.15, 0.2) is 36.7 Å². The fraction of sp³-hybridized carbons (Fsp3) is 0.385. The fourth-order valence-electron chi connectivity index (χ4n) is 3.34. The van der Waals surface area contributed by atoms with Gasteiger partial charge in [-0.3, -0.25) is 0 Å². The van der Waals surface area contributed by atoms with Crippen molar-refractivity contribution in [3.63, 3.8) is 0 Å². The van der Waals surface area contributed by atoms with E-state index in [1.807, 2.05) is 12.1 Å². The highest BCUT2D eigenvalue weighted by Gasteiger charge is 2.57. The van der Waals surface area contributed by atoms with Crippen molar-refractivity contribution in [2.75, 3.05) is 13.2 Å². The van der Waals surface area contributed by atoms with Crippen LogP contribution in [0.3, 0.4) is 0 Å². The van der Waals surface area contributed by atoms with Crippen LogP contribution >= 0.6 is 0 Å². The van der Waals surface area contributed by atoms with Gasteiger partial charge in [-0.1, -0.05) is 18.8 Å². The van der Waals surface area contributed by atoms with Crippen LogP contribution in [-0.2, 0) is 6.42 Å². The summed E-state index contributed by atoms with van der Waals surface area (Å²) < 4.78 is 38.0. The third-order valence-electron chi connectivity index (χ3n) is 5.36. The van der Waals surface area contributed by atoms with Gasteiger partial charge in [0.1, 0.15) is 11.6 Å². The molecular weight excluding hydrogens is 452 g/mol. The number of unbranched alkanes of at least 4 members (excludes halogenated alkanes) is 1. The van der Waals surface area contributed by atoms with E-state index in [0.717, 1.165) is 24.0 Å². The summed E-state index contributed by atoms with van der Waals surface area (Å²) in [5, 5.41) is 0. The molecule has 0 saturated heterocycles. The lowest BCUT2D eigenvalue weighted by Crippen LogP contribution is -2.07. The number of hydrogen-bond acceptors (Lipinski definition) is 7. The van der Waals surface area contributed by atoms with Crippen molar-refractivity contribution in [2.45, 2.75) is 45.5 Å². The first-order chi connectivity index (χ1) is 16.9. The van der Waals surface area contributed by atoms with Crippen LogP contribution in [0.25, 0.3) is 11.4 Å². The summed E-state index contributed by atoms with van der Waals surface area (Å²) in [5.41, 5.74) is 7.99. The summed E-state index contributed by atoms with van der Waals surface area (Å²) in [6, 6.07) is 7.03. The second-order valence-corrected chi connectivity index (χ2v) is 8.38. The molecule has 35 heavy (non-hydrogen) atoms. The number of hydrogen-bond donors (Lipinski definition) is 1. The molecule has 0 aliphatic heterocycles. The Labute approximate surface area is 203 Å². The molecule has 1 atom stereocenters. The quantitative estimate of drug-likeness (QED) is 0.444. The Morgan fingerprint density at radius 3 is 2.57 bits per heavy atom. The number of nitrogens with two attached hydrogens (primary N) is 1. The van der Waals surface area contributed by atoms with Crippen molar-refractivity contribution in [3.8, 4) is 40.7 Å². The Morgan fingerprint density at radius 2 is 1.89 bits per heavy atom. The van der Waals surface area contributed by atoms with Gasteiger partial charge >= 0.3 is 0 Å². The number of rotatable bonds is 9. The zero-order valence-corrected chi connectivity index (χ0v) is 19.7. The molecule has 7 nitrogen and oxygen atoms in total. The maximum Gasteiger partial charge on any atom is 0.255 e. The average molecular weight is 480 g/mol. The first kappa shape index (κ1) is 24.5. The molecule has 2 heterocycles. The summed E-state index contributed by atoms with van der Waals surface area (Å²) in [4.78, 5) is 17.4. The number of nitrogens with zero attached hydrogens (tertiary/aromatic N) is 4. The minimum atomic E-state index is -2.66. The zero-order chi connectivity index (χ0) is 24.8. The van der Waals surface area contributed by atoms with E-state index in [4.69, 9.17) is 15.2 Å². The van der Waals surface area contributed by atoms with Crippen molar-refractivity contribution >= 4 is 0 Å². The van der Waals surface area contributed by atoms with Gasteiger partial charge in [-0.15, -0.1) is 0 Å². The largest absolute Gasteiger partial charge is 0.477 e. The number of aromatic nitrogens is 4. The van der Waals surface area contributed by atoms with E-state index in [9.17, 15) is 8.78 Å². The molecule has 1 fully saturated rings. The standard InChI is InChI=1S/C26H27F2N5O2/c1-3-4-5-6-18-7-8-21(25-30-14-19(9-10-29)15-31-25)22(11-18)35-24-12-23(32-17(2)33-24)34-16-20-13-26(20,27)28/h7-8,11-12,14-15,20H,3-4,9-10,13,16,29H2,1-2H3. The summed E-state index contributed by atoms with van der Waals surface area (Å²) in [6.45, 7) is 4.15. The van der Waals surface area contributed by atoms with Crippen LogP contribution in [0.1, 0.15) is 43.1 Å². The Morgan fingerprint density at radius 1 is 1.14 bits per heavy atom. The van der Waals surface area contributed by atoms with Crippen LogP contribution in [0, 0.1) is 24.7 Å². The van der Waals surface area contributed by atoms with E-state index in [-0.39, 0.29) is 24.8 Å². The number of alkyl halides is 2. The van der Waals surface area contributed by atoms with Gasteiger partial charge in [-0.25, -0.2) is 18.7 Å². The fourth-order valence-corrected chi connectivity index (χ4v) is 3.34. The summed E-state index contributed by atoms with van der Waals surface area (Å²) in [6.07, 6.45) is 5.75. The monoisotopic (exact) mass is 479 g/mol. The van der Waals surface area contributed by atoms with E-state index in [0.29, 0.717) is 35.9 Å². The van der Waals surface area contributed by atoms with Gasteiger partial charge in [0.15, 0.2) is 5.82 Å². The molecule has 1 unspecified atom stereocenters. The van der Waals surface area contributed by atoms with E-state index in [1.54, 1.807) is 25.4 Å². The van der Waals surface area contributed by atoms with Gasteiger partial charge in [-0.05, 0) is 50.1 Å². The van der Waals surface area contributed by atoms with Crippen molar-refractivity contribution in [3.05, 3.63) is 53.6 Å². The van der Waals surface area contributed by atoms with Crippen LogP contribution in [0.4, 0.5) is 8.78 Å². The Balaban J connectivity index is 1.62. The lowest BCUT2D eigenvalue weighted by atomic mass is 10.1. The molecule has 3 aromatic rings. The lowest BCUT2D eigenvalue weighted by Gasteiger charge is -2.12. The van der Waals surface area contributed by atoms with Crippen LogP contribution in [0.2, 0.25) is 0 Å². The normalized spacial score (nSPS) is 15.7. The Bertz CT molecular complexity index is 1240. The molecule has 1 aromatic carbocycles. The average Bonchev–Trinajstić information content (AvgIpc) is 3.45. The summed E-state index contributed by atoms with van der Waals surface area (Å²) in [7, 11) is 0. The van der Waals surface area contributed by atoms with Crippen LogP contribution in [0.5, 0.6) is 17.5 Å². The van der Waals surface area contributed by atoms with Gasteiger partial charge in [0, 0.05) is 30.8 Å². The molecule has 0 spiro atoms. The molecular formula is C26H27F2N5O2. The van der Waals surface area contributed by atoms with Gasteiger partial charge in [-0.2, -0.15) is 9.97 Å². The SMILES string of the molecule is CCCC#Cc1ccc(-c2ncc(CCN)cn2)c(Oc2cc(OCC3CC3(F)F)nc(C)n2)c1. The molecule has 4 rings (SSSR count). The topological polar surface area (TPSA) is 96.0 Å². The molecule has 182 valence electrons. The van der Waals surface area contributed by atoms with E-state index < -0.39 is 11.8 Å². The second kappa shape index (κ2) is 10.7. The van der Waals surface area contributed by atoms with E-state index in [1.165, 1.54) is 6.07 Å². The van der Waals surface area contributed by atoms with Crippen LogP contribution in [-0.4, -0.2) is 39.0 Å². The first-order valence-corrected chi connectivity index (χ1v) is 11.6. The highest BCUT2D eigenvalue weighted by atomic mass is 19.3. The van der Waals surface area contributed by atoms with Gasteiger partial charge in [0.2, 0.25) is 11.8 Å². The molecule has 1 saturated carbocycles. The van der Waals surface area contributed by atoms with Gasteiger partial charge in [0.05, 0.1) is 24.2 Å². The minimum absolute atomic E-state index is 0.111. The second-order valence-electron chi connectivity index (χ2n) is 8.38. The zero-order valence-electron chi connectivity index (χ0n) is 19.7. The molecule has 1 aliphatic rings. The van der Waals surface area contributed by atoms with E-state index >= 15 is 0 Å². The van der Waals surface area contributed by atoms with Crippen molar-refractivity contribution in [2.24, 2.45) is 11.7 Å². The number of ether oxygens (including phenoxy) is 2. The van der Waals surface area contributed by atoms with Gasteiger partial charge < -0.3 is 15.2 Å². The number of halogens is 2. The van der Waals surface area contributed by atoms with Crippen LogP contribution < -0.4 is 15.2 Å². The molecule has 0 radical (unpaired) electrons. The molecule has 9 heteroatoms. The lowest BCUT2D eigenvalue weighted by molar-refractivity contribution is 0.0849. The maximum absolute atomic E-state index is 13.2. The van der Waals surface area contributed by atoms with Crippen molar-refractivity contribution in [1.82, 2.24) is 19.9 Å². The smallest absolute Gasteiger partial charge is 0.255 e. The first-order valence-electron chi connectivity index (χ1n) is 11.6. The minimum Gasteiger partial charge on any atom is -0.477 e. The predicted octanol–water partition coefficient (Wildman–Crippen LogP) is 4.72. The summed E-state index contributed by atoms with van der Waals surface area (Å²) >= 11 is 0. The Hall–Kier alpha value is -3.64. The number of aryl methyl sites for hydroxylation is 1. The highest BCUT2D eigenvalue weighted by molar-refractivity contribution is 5.66. The maximum atomic E-state index is 13.2. The highest BCUT2D eigenvalue weighted by Crippen LogP contribution is 2.48.